The van der Waals surface area contributed by atoms with Gasteiger partial charge in [0.1, 0.15) is 0 Å². The van der Waals surface area contributed by atoms with Gasteiger partial charge in [-0.15, -0.1) is 0 Å². The molecule has 0 aliphatic rings. The molecule has 0 fully saturated rings. The molecule has 0 saturated heterocycles. The number of nitrogens with two attached hydrogens (primary N) is 1. The molecule has 0 unspecified atom stereocenters. The number of anilines is 3. The number of nitrogens with one attached hydrogen (secondary N) is 1. The van der Waals surface area contributed by atoms with Crippen LogP contribution < -0.4 is 11.1 Å². The Morgan fingerprint density at radius 3 is 1.24 bits per heavy atom. The zero-order chi connectivity index (χ0) is 25.7. The SMILES string of the molecule is Nc1ccccc1Nc1c(-c2ccccc2-c2ccccc2)cccc1-c1ccccc1-c1ccccc1. The Morgan fingerprint density at radius 1 is 0.342 bits per heavy atom. The van der Waals surface area contributed by atoms with Crippen LogP contribution in [-0.4, -0.2) is 0 Å². The lowest BCUT2D eigenvalue weighted by Crippen LogP contribution is -2.01. The molecule has 6 aromatic rings. The van der Waals surface area contributed by atoms with E-state index in [1.807, 2.05) is 24.3 Å². The molecule has 3 N–H and O–H groups in total. The first-order valence-electron chi connectivity index (χ1n) is 12.8. The Kier molecular flexibility index (Phi) is 6.44. The maximum Gasteiger partial charge on any atom is 0.0618 e. The first-order chi connectivity index (χ1) is 18.8. The van der Waals surface area contributed by atoms with Crippen molar-refractivity contribution in [3.8, 4) is 44.5 Å². The molecule has 0 aliphatic carbocycles. The summed E-state index contributed by atoms with van der Waals surface area (Å²) in [5, 5.41) is 3.74. The van der Waals surface area contributed by atoms with Crippen molar-refractivity contribution in [2.24, 2.45) is 0 Å². The second kappa shape index (κ2) is 10.5. The molecule has 6 rings (SSSR count). The van der Waals surface area contributed by atoms with Gasteiger partial charge in [0.25, 0.3) is 0 Å². The fraction of sp³-hybridized carbons (Fsp3) is 0. The van der Waals surface area contributed by atoms with Crippen LogP contribution in [-0.2, 0) is 0 Å². The molecule has 38 heavy (non-hydrogen) atoms. The standard InChI is InChI=1S/C36H28N2/c37-34-24-11-12-25-35(34)38-36-32(30-20-9-7-18-28(30)26-14-3-1-4-15-26)22-13-23-33(36)31-21-10-8-19-29(31)27-16-5-2-6-17-27/h1-25,38H,37H2. The van der Waals surface area contributed by atoms with E-state index in [1.54, 1.807) is 0 Å². The van der Waals surface area contributed by atoms with Crippen molar-refractivity contribution in [3.63, 3.8) is 0 Å². The van der Waals surface area contributed by atoms with E-state index < -0.39 is 0 Å². The van der Waals surface area contributed by atoms with E-state index in [1.165, 1.54) is 22.3 Å². The van der Waals surface area contributed by atoms with Crippen molar-refractivity contribution >= 4 is 17.1 Å². The quantitative estimate of drug-likeness (QED) is 0.229. The third kappa shape index (κ3) is 4.56. The van der Waals surface area contributed by atoms with Gasteiger partial charge in [0.05, 0.1) is 17.1 Å². The third-order valence-corrected chi connectivity index (χ3v) is 6.89. The highest BCUT2D eigenvalue weighted by Crippen LogP contribution is 2.45. The van der Waals surface area contributed by atoms with Gasteiger partial charge in [0.2, 0.25) is 0 Å². The zero-order valence-corrected chi connectivity index (χ0v) is 21.0. The first kappa shape index (κ1) is 23.3. The molecule has 0 atom stereocenters. The minimum Gasteiger partial charge on any atom is -0.397 e. The topological polar surface area (TPSA) is 38.0 Å². The van der Waals surface area contributed by atoms with Gasteiger partial charge in [-0.25, -0.2) is 0 Å². The Bertz CT molecular complexity index is 1590. The van der Waals surface area contributed by atoms with E-state index >= 15 is 0 Å². The van der Waals surface area contributed by atoms with E-state index in [0.717, 1.165) is 33.6 Å². The van der Waals surface area contributed by atoms with Gasteiger partial charge in [-0.05, 0) is 45.5 Å². The number of hydrogen-bond donors (Lipinski definition) is 2. The van der Waals surface area contributed by atoms with Gasteiger partial charge in [-0.2, -0.15) is 0 Å². The average Bonchev–Trinajstić information content (AvgIpc) is 2.99. The van der Waals surface area contributed by atoms with E-state index in [2.05, 4.69) is 133 Å². The smallest absolute Gasteiger partial charge is 0.0618 e. The van der Waals surface area contributed by atoms with Crippen molar-refractivity contribution in [1.29, 1.82) is 0 Å². The molecule has 0 spiro atoms. The second-order valence-electron chi connectivity index (χ2n) is 9.26. The van der Waals surface area contributed by atoms with Crippen LogP contribution in [0.4, 0.5) is 17.1 Å². The van der Waals surface area contributed by atoms with Crippen LogP contribution in [0.3, 0.4) is 0 Å². The summed E-state index contributed by atoms with van der Waals surface area (Å²) in [4.78, 5) is 0. The molecule has 182 valence electrons. The van der Waals surface area contributed by atoms with Crippen LogP contribution in [0.25, 0.3) is 44.5 Å². The predicted octanol–water partition coefficient (Wildman–Crippen LogP) is 9.68. The largest absolute Gasteiger partial charge is 0.397 e. The van der Waals surface area contributed by atoms with Crippen molar-refractivity contribution in [2.45, 2.75) is 0 Å². The average molecular weight is 489 g/mol. The number of nitrogen functional groups attached to an aromatic ring is 1. The van der Waals surface area contributed by atoms with Crippen molar-refractivity contribution in [3.05, 3.63) is 152 Å². The van der Waals surface area contributed by atoms with Gasteiger partial charge in [0, 0.05) is 11.1 Å². The van der Waals surface area contributed by atoms with Crippen molar-refractivity contribution < 1.29 is 0 Å². The molecule has 0 bridgehead atoms. The van der Waals surface area contributed by atoms with Crippen LogP contribution in [0.2, 0.25) is 0 Å². The molecular weight excluding hydrogens is 460 g/mol. The minimum absolute atomic E-state index is 0.709. The van der Waals surface area contributed by atoms with Crippen LogP contribution in [0, 0.1) is 0 Å². The number of hydrogen-bond acceptors (Lipinski definition) is 2. The fourth-order valence-electron chi connectivity index (χ4n) is 5.06. The third-order valence-electron chi connectivity index (χ3n) is 6.89. The molecule has 2 nitrogen and oxygen atoms in total. The summed E-state index contributed by atoms with van der Waals surface area (Å²) in [6.07, 6.45) is 0. The number of rotatable bonds is 6. The van der Waals surface area contributed by atoms with E-state index in [0.29, 0.717) is 5.69 Å². The van der Waals surface area contributed by atoms with E-state index in [4.69, 9.17) is 5.73 Å². The highest BCUT2D eigenvalue weighted by atomic mass is 14.9. The molecule has 6 aromatic carbocycles. The normalized spacial score (nSPS) is 10.7. The van der Waals surface area contributed by atoms with E-state index in [-0.39, 0.29) is 0 Å². The van der Waals surface area contributed by atoms with Crippen LogP contribution in [0.15, 0.2) is 152 Å². The monoisotopic (exact) mass is 488 g/mol. The van der Waals surface area contributed by atoms with Crippen LogP contribution in [0.5, 0.6) is 0 Å². The Morgan fingerprint density at radius 2 is 0.737 bits per heavy atom. The summed E-state index contributed by atoms with van der Waals surface area (Å²) in [6, 6.07) is 52.8. The first-order valence-corrected chi connectivity index (χ1v) is 12.8. The fourth-order valence-corrected chi connectivity index (χ4v) is 5.06. The molecule has 0 aromatic heterocycles. The van der Waals surface area contributed by atoms with Gasteiger partial charge in [-0.1, -0.05) is 140 Å². The summed E-state index contributed by atoms with van der Waals surface area (Å²) >= 11 is 0. The Hall–Kier alpha value is -5.08. The van der Waals surface area contributed by atoms with Crippen molar-refractivity contribution in [2.75, 3.05) is 11.1 Å². The van der Waals surface area contributed by atoms with Crippen molar-refractivity contribution in [1.82, 2.24) is 0 Å². The summed E-state index contributed by atoms with van der Waals surface area (Å²) in [5.74, 6) is 0. The highest BCUT2D eigenvalue weighted by Gasteiger charge is 2.18. The molecular formula is C36H28N2. The molecule has 0 radical (unpaired) electrons. The molecule has 0 saturated carbocycles. The van der Waals surface area contributed by atoms with Gasteiger partial charge < -0.3 is 11.1 Å². The molecule has 2 heteroatoms. The van der Waals surface area contributed by atoms with Gasteiger partial charge >= 0.3 is 0 Å². The second-order valence-corrected chi connectivity index (χ2v) is 9.26. The molecule has 0 amide bonds. The molecule has 0 heterocycles. The summed E-state index contributed by atoms with van der Waals surface area (Å²) in [5.41, 5.74) is 18.3. The Labute approximate surface area is 224 Å². The summed E-state index contributed by atoms with van der Waals surface area (Å²) in [7, 11) is 0. The summed E-state index contributed by atoms with van der Waals surface area (Å²) in [6.45, 7) is 0. The maximum absolute atomic E-state index is 6.43. The van der Waals surface area contributed by atoms with Crippen LogP contribution >= 0.6 is 0 Å². The molecule has 0 aliphatic heterocycles. The maximum atomic E-state index is 6.43. The predicted molar refractivity (Wildman–Crippen MR) is 162 cm³/mol. The lowest BCUT2D eigenvalue weighted by atomic mass is 9.88. The van der Waals surface area contributed by atoms with Gasteiger partial charge in [0.15, 0.2) is 0 Å². The Balaban J connectivity index is 1.62. The summed E-state index contributed by atoms with van der Waals surface area (Å²) < 4.78 is 0. The van der Waals surface area contributed by atoms with Crippen LogP contribution in [0.1, 0.15) is 0 Å². The highest BCUT2D eigenvalue weighted by molar-refractivity contribution is 6.00. The minimum atomic E-state index is 0.709. The van der Waals surface area contributed by atoms with E-state index in [9.17, 15) is 0 Å². The zero-order valence-electron chi connectivity index (χ0n) is 21.0. The number of para-hydroxylation sites is 3. The van der Waals surface area contributed by atoms with Gasteiger partial charge in [-0.3, -0.25) is 0 Å². The lowest BCUT2D eigenvalue weighted by molar-refractivity contribution is 1.51. The number of benzene rings is 6. The lowest BCUT2D eigenvalue weighted by Gasteiger charge is -2.21.